The molecule has 3 N–H and O–H groups in total. The summed E-state index contributed by atoms with van der Waals surface area (Å²) in [4.78, 5) is 4.31. The molecule has 0 fully saturated rings. The molecule has 0 bridgehead atoms. The minimum atomic E-state index is 0. The number of rotatable bonds is 4. The molecule has 0 aliphatic heterocycles. The van der Waals surface area contributed by atoms with Gasteiger partial charge in [0.1, 0.15) is 5.75 Å². The molecule has 0 aliphatic carbocycles. The summed E-state index contributed by atoms with van der Waals surface area (Å²) < 4.78 is 5.27. The van der Waals surface area contributed by atoms with Crippen molar-refractivity contribution in [3.05, 3.63) is 58.6 Å². The second kappa shape index (κ2) is 8.85. The van der Waals surface area contributed by atoms with Crippen LogP contribution in [0.15, 0.2) is 47.5 Å². The molecular weight excluding hydrogens is 413 g/mol. The summed E-state index contributed by atoms with van der Waals surface area (Å²) in [5.41, 5.74) is 8.92. The number of anilines is 1. The number of nitrogens with zero attached hydrogens (tertiary/aromatic N) is 1. The van der Waals surface area contributed by atoms with Crippen LogP contribution in [0.3, 0.4) is 0 Å². The van der Waals surface area contributed by atoms with E-state index in [4.69, 9.17) is 22.1 Å². The largest absolute Gasteiger partial charge is 0.496 e. The summed E-state index contributed by atoms with van der Waals surface area (Å²) in [5, 5.41) is 3.68. The molecule has 0 saturated carbocycles. The van der Waals surface area contributed by atoms with Crippen molar-refractivity contribution in [3.8, 4) is 5.75 Å². The molecule has 0 unspecified atom stereocenters. The Balaban J connectivity index is 0.00000242. The second-order valence-electron chi connectivity index (χ2n) is 4.65. The highest BCUT2D eigenvalue weighted by atomic mass is 127. The van der Waals surface area contributed by atoms with Crippen molar-refractivity contribution in [3.63, 3.8) is 0 Å². The van der Waals surface area contributed by atoms with Crippen LogP contribution in [0.5, 0.6) is 5.75 Å². The van der Waals surface area contributed by atoms with Gasteiger partial charge in [-0.2, -0.15) is 0 Å². The molecule has 2 aromatic carbocycles. The van der Waals surface area contributed by atoms with Crippen molar-refractivity contribution >= 4 is 47.2 Å². The van der Waals surface area contributed by atoms with Crippen molar-refractivity contribution in [2.24, 2.45) is 10.7 Å². The van der Waals surface area contributed by atoms with Gasteiger partial charge in [-0.1, -0.05) is 35.4 Å². The third kappa shape index (κ3) is 5.38. The van der Waals surface area contributed by atoms with E-state index in [-0.39, 0.29) is 24.0 Å². The average molecular weight is 432 g/mol. The average Bonchev–Trinajstić information content (AvgIpc) is 2.48. The molecule has 0 heterocycles. The predicted molar refractivity (Wildman–Crippen MR) is 104 cm³/mol. The van der Waals surface area contributed by atoms with Gasteiger partial charge in [-0.25, -0.2) is 4.99 Å². The van der Waals surface area contributed by atoms with E-state index in [1.165, 1.54) is 5.56 Å². The minimum Gasteiger partial charge on any atom is -0.496 e. The molecule has 0 amide bonds. The van der Waals surface area contributed by atoms with E-state index < -0.39 is 0 Å². The number of methoxy groups -OCH3 is 1. The second-order valence-corrected chi connectivity index (χ2v) is 5.09. The Hall–Kier alpha value is -1.47. The standard InChI is InChI=1S/C16H18ClN3O.HI/c1-11-3-7-14(8-4-11)20-16(18)19-10-12-5-6-13(17)9-15(12)21-2;/h3-9H,10H2,1-2H3,(H3,18,19,20);1H. The van der Waals surface area contributed by atoms with E-state index in [9.17, 15) is 0 Å². The van der Waals surface area contributed by atoms with Gasteiger partial charge in [-0.15, -0.1) is 24.0 Å². The van der Waals surface area contributed by atoms with Crippen LogP contribution in [-0.4, -0.2) is 13.1 Å². The quantitative estimate of drug-likeness (QED) is 0.433. The number of hydrogen-bond acceptors (Lipinski definition) is 2. The van der Waals surface area contributed by atoms with Gasteiger partial charge in [-0.3, -0.25) is 0 Å². The first-order valence-corrected chi connectivity index (χ1v) is 6.92. The fourth-order valence-electron chi connectivity index (χ4n) is 1.84. The van der Waals surface area contributed by atoms with Gasteiger partial charge < -0.3 is 15.8 Å². The minimum absolute atomic E-state index is 0. The Bertz CT molecular complexity index is 644. The van der Waals surface area contributed by atoms with Crippen molar-refractivity contribution < 1.29 is 4.74 Å². The third-order valence-electron chi connectivity index (χ3n) is 2.99. The number of nitrogens with two attached hydrogens (primary N) is 1. The summed E-state index contributed by atoms with van der Waals surface area (Å²) in [6.45, 7) is 2.46. The normalized spacial score (nSPS) is 10.8. The lowest BCUT2D eigenvalue weighted by Gasteiger charge is -2.08. The molecule has 2 aromatic rings. The Labute approximate surface area is 152 Å². The number of benzene rings is 2. The zero-order valence-electron chi connectivity index (χ0n) is 12.5. The Kier molecular flexibility index (Phi) is 7.47. The van der Waals surface area contributed by atoms with Crippen LogP contribution in [-0.2, 0) is 6.54 Å². The number of aryl methyl sites for hydroxylation is 1. The molecule has 0 radical (unpaired) electrons. The maximum absolute atomic E-state index is 5.93. The SMILES string of the molecule is COc1cc(Cl)ccc1CN=C(N)Nc1ccc(C)cc1.I. The molecule has 0 aliphatic rings. The van der Waals surface area contributed by atoms with Gasteiger partial charge in [0, 0.05) is 16.3 Å². The lowest BCUT2D eigenvalue weighted by Crippen LogP contribution is -2.22. The molecule has 6 heteroatoms. The third-order valence-corrected chi connectivity index (χ3v) is 3.23. The zero-order valence-corrected chi connectivity index (χ0v) is 15.6. The summed E-state index contributed by atoms with van der Waals surface area (Å²) in [6.07, 6.45) is 0. The first-order chi connectivity index (χ1) is 10.1. The highest BCUT2D eigenvalue weighted by Gasteiger charge is 2.03. The molecule has 0 saturated heterocycles. The topological polar surface area (TPSA) is 59.6 Å². The Morgan fingerprint density at radius 2 is 1.91 bits per heavy atom. The summed E-state index contributed by atoms with van der Waals surface area (Å²) >= 11 is 5.93. The molecule has 22 heavy (non-hydrogen) atoms. The van der Waals surface area contributed by atoms with Crippen LogP contribution < -0.4 is 15.8 Å². The van der Waals surface area contributed by atoms with Crippen LogP contribution in [0, 0.1) is 6.92 Å². The number of ether oxygens (including phenoxy) is 1. The molecule has 118 valence electrons. The van der Waals surface area contributed by atoms with Crippen molar-refractivity contribution in [1.82, 2.24) is 0 Å². The number of nitrogens with one attached hydrogen (secondary N) is 1. The number of aliphatic imine (C=N–C) groups is 1. The van der Waals surface area contributed by atoms with Gasteiger partial charge in [0.25, 0.3) is 0 Å². The predicted octanol–water partition coefficient (Wildman–Crippen LogP) is 4.20. The van der Waals surface area contributed by atoms with E-state index in [0.717, 1.165) is 11.3 Å². The number of guanidine groups is 1. The summed E-state index contributed by atoms with van der Waals surface area (Å²) in [6, 6.07) is 13.4. The van der Waals surface area contributed by atoms with Crippen molar-refractivity contribution in [2.75, 3.05) is 12.4 Å². The number of hydrogen-bond donors (Lipinski definition) is 2. The monoisotopic (exact) mass is 431 g/mol. The van der Waals surface area contributed by atoms with Crippen LogP contribution in [0.1, 0.15) is 11.1 Å². The van der Waals surface area contributed by atoms with Crippen LogP contribution in [0.2, 0.25) is 5.02 Å². The van der Waals surface area contributed by atoms with Gasteiger partial charge >= 0.3 is 0 Å². The van der Waals surface area contributed by atoms with Gasteiger partial charge in [-0.05, 0) is 31.2 Å². The van der Waals surface area contributed by atoms with E-state index in [2.05, 4.69) is 10.3 Å². The van der Waals surface area contributed by atoms with Crippen molar-refractivity contribution in [2.45, 2.75) is 13.5 Å². The maximum Gasteiger partial charge on any atom is 0.193 e. The highest BCUT2D eigenvalue weighted by molar-refractivity contribution is 14.0. The van der Waals surface area contributed by atoms with Crippen LogP contribution in [0.25, 0.3) is 0 Å². The first kappa shape index (κ1) is 18.6. The fraction of sp³-hybridized carbons (Fsp3) is 0.188. The Morgan fingerprint density at radius 1 is 1.23 bits per heavy atom. The van der Waals surface area contributed by atoms with Crippen LogP contribution in [0.4, 0.5) is 5.69 Å². The van der Waals surface area contributed by atoms with Crippen LogP contribution >= 0.6 is 35.6 Å². The highest BCUT2D eigenvalue weighted by Crippen LogP contribution is 2.23. The van der Waals surface area contributed by atoms with E-state index >= 15 is 0 Å². The molecule has 2 rings (SSSR count). The summed E-state index contributed by atoms with van der Waals surface area (Å²) in [5.74, 6) is 1.06. The zero-order chi connectivity index (χ0) is 15.2. The molecule has 4 nitrogen and oxygen atoms in total. The van der Waals surface area contributed by atoms with Gasteiger partial charge in [0.15, 0.2) is 5.96 Å². The maximum atomic E-state index is 5.93. The molecular formula is C16H19ClIN3O. The van der Waals surface area contributed by atoms with Gasteiger partial charge in [0.05, 0.1) is 13.7 Å². The lowest BCUT2D eigenvalue weighted by atomic mass is 10.2. The van der Waals surface area contributed by atoms with Gasteiger partial charge in [0.2, 0.25) is 0 Å². The molecule has 0 atom stereocenters. The van der Waals surface area contributed by atoms with E-state index in [0.29, 0.717) is 23.3 Å². The van der Waals surface area contributed by atoms with E-state index in [1.807, 2.05) is 37.3 Å². The smallest absolute Gasteiger partial charge is 0.193 e. The lowest BCUT2D eigenvalue weighted by molar-refractivity contribution is 0.410. The fourth-order valence-corrected chi connectivity index (χ4v) is 2.01. The molecule has 0 aromatic heterocycles. The first-order valence-electron chi connectivity index (χ1n) is 6.54. The van der Waals surface area contributed by atoms with E-state index in [1.54, 1.807) is 19.2 Å². The Morgan fingerprint density at radius 3 is 2.55 bits per heavy atom. The molecule has 0 spiro atoms. The van der Waals surface area contributed by atoms with Crippen molar-refractivity contribution in [1.29, 1.82) is 0 Å². The number of halogens is 2. The summed E-state index contributed by atoms with van der Waals surface area (Å²) in [7, 11) is 1.60.